The van der Waals surface area contributed by atoms with Crippen molar-refractivity contribution < 1.29 is 14.6 Å². The van der Waals surface area contributed by atoms with Gasteiger partial charge in [-0.25, -0.2) is 4.79 Å². The van der Waals surface area contributed by atoms with Crippen LogP contribution < -0.4 is 4.74 Å². The summed E-state index contributed by atoms with van der Waals surface area (Å²) in [4.78, 5) is 15.5. The van der Waals surface area contributed by atoms with Crippen LogP contribution in [0.5, 0.6) is 5.75 Å². The van der Waals surface area contributed by atoms with Gasteiger partial charge in [-0.1, -0.05) is 34.1 Å². The molecule has 0 aliphatic heterocycles. The number of carboxylic acid groups (broad SMARTS) is 1. The molecule has 2 rings (SSSR count). The zero-order valence-corrected chi connectivity index (χ0v) is 12.8. The van der Waals surface area contributed by atoms with Crippen LogP contribution in [0.1, 0.15) is 27.3 Å². The summed E-state index contributed by atoms with van der Waals surface area (Å²) >= 11 is 3.44. The molecule has 20 heavy (non-hydrogen) atoms. The van der Waals surface area contributed by atoms with Gasteiger partial charge in [-0.2, -0.15) is 0 Å². The minimum absolute atomic E-state index is 0.114. The van der Waals surface area contributed by atoms with Gasteiger partial charge in [-0.05, 0) is 19.9 Å². The molecule has 0 aliphatic rings. The van der Waals surface area contributed by atoms with Gasteiger partial charge in [0.1, 0.15) is 17.9 Å². The van der Waals surface area contributed by atoms with E-state index in [2.05, 4.69) is 20.9 Å². The largest absolute Gasteiger partial charge is 0.488 e. The summed E-state index contributed by atoms with van der Waals surface area (Å²) in [6.07, 6.45) is 0. The number of halogens is 1. The normalized spacial score (nSPS) is 10.3. The Morgan fingerprint density at radius 3 is 2.70 bits per heavy atom. The van der Waals surface area contributed by atoms with Gasteiger partial charge in [0.2, 0.25) is 0 Å². The van der Waals surface area contributed by atoms with Crippen molar-refractivity contribution in [3.05, 3.63) is 57.3 Å². The van der Waals surface area contributed by atoms with Crippen LogP contribution in [0.2, 0.25) is 0 Å². The molecule has 1 aromatic carbocycles. The second-order valence-electron chi connectivity index (χ2n) is 4.41. The number of aryl methyl sites for hydroxylation is 2. The fourth-order valence-electron chi connectivity index (χ4n) is 1.94. The van der Waals surface area contributed by atoms with Crippen LogP contribution in [0.3, 0.4) is 0 Å². The summed E-state index contributed by atoms with van der Waals surface area (Å²) in [5.74, 6) is -0.685. The number of carboxylic acids is 1. The second-order valence-corrected chi connectivity index (χ2v) is 5.26. The summed E-state index contributed by atoms with van der Waals surface area (Å²) in [5, 5.41) is 9.26. The molecule has 1 N–H and O–H groups in total. The van der Waals surface area contributed by atoms with Crippen molar-refractivity contribution in [2.75, 3.05) is 0 Å². The first-order valence-corrected chi connectivity index (χ1v) is 6.86. The molecule has 0 unspecified atom stereocenters. The summed E-state index contributed by atoms with van der Waals surface area (Å²) in [5.41, 5.74) is 2.26. The molecular weight excluding hydrogens is 322 g/mol. The smallest absolute Gasteiger partial charge is 0.341 e. The quantitative estimate of drug-likeness (QED) is 0.924. The molecule has 1 heterocycles. The Kier molecular flexibility index (Phi) is 4.39. The zero-order chi connectivity index (χ0) is 14.7. The SMILES string of the molecule is Cc1cc(OCc2ccccc2Br)c(C(=O)O)c(C)n1. The minimum Gasteiger partial charge on any atom is -0.488 e. The summed E-state index contributed by atoms with van der Waals surface area (Å²) in [6, 6.07) is 9.31. The molecule has 1 aromatic heterocycles. The van der Waals surface area contributed by atoms with Gasteiger partial charge in [-0.3, -0.25) is 4.98 Å². The molecule has 5 heteroatoms. The lowest BCUT2D eigenvalue weighted by atomic mass is 10.1. The predicted molar refractivity (Wildman–Crippen MR) is 79.1 cm³/mol. The molecule has 0 saturated carbocycles. The van der Waals surface area contributed by atoms with Crippen LogP contribution in [-0.4, -0.2) is 16.1 Å². The number of benzene rings is 1. The minimum atomic E-state index is -1.03. The van der Waals surface area contributed by atoms with Gasteiger partial charge >= 0.3 is 5.97 Å². The van der Waals surface area contributed by atoms with E-state index in [-0.39, 0.29) is 5.56 Å². The van der Waals surface area contributed by atoms with E-state index in [0.29, 0.717) is 18.1 Å². The highest BCUT2D eigenvalue weighted by Gasteiger charge is 2.17. The van der Waals surface area contributed by atoms with Crippen LogP contribution >= 0.6 is 15.9 Å². The van der Waals surface area contributed by atoms with Crippen molar-refractivity contribution in [2.45, 2.75) is 20.5 Å². The Morgan fingerprint density at radius 1 is 1.35 bits per heavy atom. The number of aromatic carboxylic acids is 1. The molecule has 0 bridgehead atoms. The van der Waals surface area contributed by atoms with Crippen molar-refractivity contribution in [1.29, 1.82) is 0 Å². The maximum Gasteiger partial charge on any atom is 0.341 e. The number of ether oxygens (including phenoxy) is 1. The summed E-state index contributed by atoms with van der Waals surface area (Å²) < 4.78 is 6.61. The lowest BCUT2D eigenvalue weighted by molar-refractivity contribution is 0.0690. The van der Waals surface area contributed by atoms with Crippen LogP contribution in [0, 0.1) is 13.8 Å². The first-order chi connectivity index (χ1) is 9.49. The number of carbonyl (C=O) groups is 1. The van der Waals surface area contributed by atoms with Gasteiger partial charge < -0.3 is 9.84 Å². The van der Waals surface area contributed by atoms with E-state index in [0.717, 1.165) is 15.7 Å². The van der Waals surface area contributed by atoms with E-state index in [1.54, 1.807) is 13.0 Å². The molecule has 104 valence electrons. The molecule has 0 saturated heterocycles. The topological polar surface area (TPSA) is 59.4 Å². The maximum absolute atomic E-state index is 11.3. The van der Waals surface area contributed by atoms with Gasteiger partial charge in [-0.15, -0.1) is 0 Å². The van der Waals surface area contributed by atoms with E-state index < -0.39 is 5.97 Å². The Hall–Kier alpha value is -1.88. The summed E-state index contributed by atoms with van der Waals surface area (Å²) in [6.45, 7) is 3.77. The van der Waals surface area contributed by atoms with E-state index >= 15 is 0 Å². The number of nitrogens with zero attached hydrogens (tertiary/aromatic N) is 1. The Morgan fingerprint density at radius 2 is 2.05 bits per heavy atom. The Balaban J connectivity index is 2.30. The third kappa shape index (κ3) is 3.17. The molecule has 0 aliphatic carbocycles. The fraction of sp³-hybridized carbons (Fsp3) is 0.200. The van der Waals surface area contributed by atoms with Crippen molar-refractivity contribution in [3.63, 3.8) is 0 Å². The predicted octanol–water partition coefficient (Wildman–Crippen LogP) is 3.74. The number of hydrogen-bond donors (Lipinski definition) is 1. The monoisotopic (exact) mass is 335 g/mol. The van der Waals surface area contributed by atoms with E-state index in [1.807, 2.05) is 31.2 Å². The van der Waals surface area contributed by atoms with Crippen molar-refractivity contribution in [1.82, 2.24) is 4.98 Å². The third-order valence-corrected chi connectivity index (χ3v) is 3.62. The average Bonchev–Trinajstić information content (AvgIpc) is 2.36. The Bertz CT molecular complexity index is 656. The van der Waals surface area contributed by atoms with Crippen molar-refractivity contribution >= 4 is 21.9 Å². The molecule has 0 spiro atoms. The maximum atomic E-state index is 11.3. The van der Waals surface area contributed by atoms with Gasteiger partial charge in [0.25, 0.3) is 0 Å². The molecule has 0 atom stereocenters. The van der Waals surface area contributed by atoms with Crippen molar-refractivity contribution in [2.24, 2.45) is 0 Å². The standard InChI is InChI=1S/C15H14BrNO3/c1-9-7-13(14(15(18)19)10(2)17-9)20-8-11-5-3-4-6-12(11)16/h3-7H,8H2,1-2H3,(H,18,19). The molecule has 0 radical (unpaired) electrons. The molecule has 4 nitrogen and oxygen atoms in total. The lowest BCUT2D eigenvalue weighted by Gasteiger charge is -2.12. The molecule has 2 aromatic rings. The van der Waals surface area contributed by atoms with Crippen LogP contribution in [0.4, 0.5) is 0 Å². The molecule has 0 amide bonds. The summed E-state index contributed by atoms with van der Waals surface area (Å²) in [7, 11) is 0. The van der Waals surface area contributed by atoms with Gasteiger partial charge in [0, 0.05) is 21.8 Å². The van der Waals surface area contributed by atoms with Crippen molar-refractivity contribution in [3.8, 4) is 5.75 Å². The highest BCUT2D eigenvalue weighted by Crippen LogP contribution is 2.25. The van der Waals surface area contributed by atoms with Gasteiger partial charge in [0.05, 0.1) is 5.69 Å². The Labute approximate surface area is 125 Å². The van der Waals surface area contributed by atoms with Gasteiger partial charge in [0.15, 0.2) is 0 Å². The highest BCUT2D eigenvalue weighted by molar-refractivity contribution is 9.10. The highest BCUT2D eigenvalue weighted by atomic mass is 79.9. The second kappa shape index (κ2) is 6.05. The molecule has 0 fully saturated rings. The number of pyridine rings is 1. The van der Waals surface area contributed by atoms with E-state index in [4.69, 9.17) is 4.74 Å². The fourth-order valence-corrected chi connectivity index (χ4v) is 2.34. The first kappa shape index (κ1) is 14.5. The van der Waals surface area contributed by atoms with E-state index in [1.165, 1.54) is 0 Å². The first-order valence-electron chi connectivity index (χ1n) is 6.06. The third-order valence-electron chi connectivity index (χ3n) is 2.85. The van der Waals surface area contributed by atoms with Crippen LogP contribution in [0.25, 0.3) is 0 Å². The number of hydrogen-bond acceptors (Lipinski definition) is 3. The molecular formula is C15H14BrNO3. The van der Waals surface area contributed by atoms with Crippen LogP contribution in [-0.2, 0) is 6.61 Å². The lowest BCUT2D eigenvalue weighted by Crippen LogP contribution is -2.08. The zero-order valence-electron chi connectivity index (χ0n) is 11.2. The average molecular weight is 336 g/mol. The van der Waals surface area contributed by atoms with Crippen LogP contribution in [0.15, 0.2) is 34.8 Å². The van der Waals surface area contributed by atoms with E-state index in [9.17, 15) is 9.90 Å². The number of rotatable bonds is 4. The number of aromatic nitrogens is 1.